The molecule has 0 fully saturated rings. The molecule has 2 aromatic carbocycles. The lowest BCUT2D eigenvalue weighted by Crippen LogP contribution is -2.01. The van der Waals surface area contributed by atoms with E-state index < -0.39 is 5.82 Å². The van der Waals surface area contributed by atoms with Gasteiger partial charge < -0.3 is 10.5 Å². The number of nitrogens with two attached hydrogens (primary N) is 1. The third kappa shape index (κ3) is 2.95. The standard InChI is InChI=1S/C14H10ClFN2O/c15-12-2-1-3-13(16)11(12)8-19-14-5-4-10(18)6-9(14)7-17/h1-6H,8,18H2. The summed E-state index contributed by atoms with van der Waals surface area (Å²) >= 11 is 5.89. The van der Waals surface area contributed by atoms with Crippen LogP contribution in [0.1, 0.15) is 11.1 Å². The minimum Gasteiger partial charge on any atom is -0.487 e. The van der Waals surface area contributed by atoms with Gasteiger partial charge >= 0.3 is 0 Å². The number of rotatable bonds is 3. The van der Waals surface area contributed by atoms with E-state index in [1.165, 1.54) is 18.2 Å². The number of nitrogen functional groups attached to an aromatic ring is 1. The first-order valence-corrected chi connectivity index (χ1v) is 5.85. The van der Waals surface area contributed by atoms with Crippen molar-refractivity contribution in [2.75, 3.05) is 5.73 Å². The summed E-state index contributed by atoms with van der Waals surface area (Å²) in [6.45, 7) is -0.0515. The average molecular weight is 277 g/mol. The van der Waals surface area contributed by atoms with Crippen molar-refractivity contribution >= 4 is 17.3 Å². The van der Waals surface area contributed by atoms with Crippen LogP contribution in [0.15, 0.2) is 36.4 Å². The maximum atomic E-state index is 13.6. The van der Waals surface area contributed by atoms with Crippen molar-refractivity contribution in [1.29, 1.82) is 5.26 Å². The Morgan fingerprint density at radius 2 is 2.11 bits per heavy atom. The van der Waals surface area contributed by atoms with Gasteiger partial charge in [-0.25, -0.2) is 4.39 Å². The molecule has 0 saturated heterocycles. The molecule has 0 amide bonds. The van der Waals surface area contributed by atoms with Gasteiger partial charge in [0.25, 0.3) is 0 Å². The Hall–Kier alpha value is -2.25. The summed E-state index contributed by atoms with van der Waals surface area (Å²) in [4.78, 5) is 0. The molecule has 96 valence electrons. The van der Waals surface area contributed by atoms with Gasteiger partial charge in [0, 0.05) is 11.3 Å². The summed E-state index contributed by atoms with van der Waals surface area (Å²) in [6.07, 6.45) is 0. The van der Waals surface area contributed by atoms with E-state index in [1.54, 1.807) is 18.2 Å². The van der Waals surface area contributed by atoms with Crippen LogP contribution < -0.4 is 10.5 Å². The SMILES string of the molecule is N#Cc1cc(N)ccc1OCc1c(F)cccc1Cl. The monoisotopic (exact) mass is 276 g/mol. The van der Waals surface area contributed by atoms with Crippen LogP contribution in [0.2, 0.25) is 5.02 Å². The first-order chi connectivity index (χ1) is 9.11. The maximum Gasteiger partial charge on any atom is 0.137 e. The summed E-state index contributed by atoms with van der Waals surface area (Å²) < 4.78 is 19.0. The molecule has 0 saturated carbocycles. The predicted molar refractivity (Wildman–Crippen MR) is 71.3 cm³/mol. The molecule has 2 aromatic rings. The molecule has 0 aliphatic rings. The Kier molecular flexibility index (Phi) is 3.88. The second-order valence-electron chi connectivity index (χ2n) is 3.86. The molecular weight excluding hydrogens is 267 g/mol. The van der Waals surface area contributed by atoms with Crippen LogP contribution in [0.5, 0.6) is 5.75 Å². The molecule has 0 spiro atoms. The smallest absolute Gasteiger partial charge is 0.137 e. The molecule has 0 heterocycles. The van der Waals surface area contributed by atoms with Crippen LogP contribution in [0.4, 0.5) is 10.1 Å². The zero-order valence-corrected chi connectivity index (χ0v) is 10.6. The van der Waals surface area contributed by atoms with Gasteiger partial charge in [-0.05, 0) is 30.3 Å². The number of benzene rings is 2. The second kappa shape index (κ2) is 5.59. The molecule has 0 aliphatic carbocycles. The van der Waals surface area contributed by atoms with Crippen LogP contribution >= 0.6 is 11.6 Å². The van der Waals surface area contributed by atoms with Crippen molar-refractivity contribution in [3.63, 3.8) is 0 Å². The molecule has 5 heteroatoms. The van der Waals surface area contributed by atoms with Gasteiger partial charge in [-0.3, -0.25) is 0 Å². The Morgan fingerprint density at radius 1 is 1.32 bits per heavy atom. The van der Waals surface area contributed by atoms with E-state index >= 15 is 0 Å². The van der Waals surface area contributed by atoms with Gasteiger partial charge in [-0.15, -0.1) is 0 Å². The first-order valence-electron chi connectivity index (χ1n) is 5.47. The number of ether oxygens (including phenoxy) is 1. The lowest BCUT2D eigenvalue weighted by Gasteiger charge is -2.10. The second-order valence-corrected chi connectivity index (χ2v) is 4.26. The fourth-order valence-corrected chi connectivity index (χ4v) is 1.80. The molecule has 0 bridgehead atoms. The van der Waals surface area contributed by atoms with E-state index in [9.17, 15) is 4.39 Å². The van der Waals surface area contributed by atoms with E-state index in [0.717, 1.165) is 0 Å². The van der Waals surface area contributed by atoms with E-state index in [4.69, 9.17) is 27.3 Å². The van der Waals surface area contributed by atoms with Crippen LogP contribution in [-0.2, 0) is 6.61 Å². The lowest BCUT2D eigenvalue weighted by molar-refractivity contribution is 0.299. The van der Waals surface area contributed by atoms with Gasteiger partial charge in [0.1, 0.15) is 24.2 Å². The number of halogens is 2. The zero-order chi connectivity index (χ0) is 13.8. The van der Waals surface area contributed by atoms with Gasteiger partial charge in [0.15, 0.2) is 0 Å². The Balaban J connectivity index is 2.22. The number of nitriles is 1. The van der Waals surface area contributed by atoms with Gasteiger partial charge in [-0.2, -0.15) is 5.26 Å². The van der Waals surface area contributed by atoms with Crippen molar-refractivity contribution in [2.24, 2.45) is 0 Å². The van der Waals surface area contributed by atoms with Gasteiger partial charge in [0.2, 0.25) is 0 Å². The minimum absolute atomic E-state index is 0.0515. The molecule has 2 N–H and O–H groups in total. The molecule has 3 nitrogen and oxygen atoms in total. The van der Waals surface area contributed by atoms with Gasteiger partial charge in [0.05, 0.1) is 10.6 Å². The Labute approximate surface area is 115 Å². The molecule has 0 radical (unpaired) electrons. The highest BCUT2D eigenvalue weighted by molar-refractivity contribution is 6.31. The third-order valence-corrected chi connectivity index (χ3v) is 2.91. The van der Waals surface area contributed by atoms with Crippen LogP contribution in [0, 0.1) is 17.1 Å². The molecule has 19 heavy (non-hydrogen) atoms. The Morgan fingerprint density at radius 3 is 2.79 bits per heavy atom. The van der Waals surface area contributed by atoms with E-state index in [-0.39, 0.29) is 17.2 Å². The number of hydrogen-bond donors (Lipinski definition) is 1. The van der Waals surface area contributed by atoms with E-state index in [1.807, 2.05) is 6.07 Å². The van der Waals surface area contributed by atoms with Gasteiger partial charge in [-0.1, -0.05) is 17.7 Å². The molecule has 2 rings (SSSR count). The number of hydrogen-bond acceptors (Lipinski definition) is 3. The van der Waals surface area contributed by atoms with Crippen molar-refractivity contribution in [1.82, 2.24) is 0 Å². The van der Waals surface area contributed by atoms with E-state index in [0.29, 0.717) is 17.0 Å². The molecule has 0 aliphatic heterocycles. The average Bonchev–Trinajstić information content (AvgIpc) is 2.39. The largest absolute Gasteiger partial charge is 0.487 e. The summed E-state index contributed by atoms with van der Waals surface area (Å²) in [7, 11) is 0. The number of anilines is 1. The lowest BCUT2D eigenvalue weighted by atomic mass is 10.2. The molecule has 0 aromatic heterocycles. The van der Waals surface area contributed by atoms with Crippen LogP contribution in [-0.4, -0.2) is 0 Å². The van der Waals surface area contributed by atoms with Crippen LogP contribution in [0.3, 0.4) is 0 Å². The highest BCUT2D eigenvalue weighted by atomic mass is 35.5. The van der Waals surface area contributed by atoms with Crippen LogP contribution in [0.25, 0.3) is 0 Å². The van der Waals surface area contributed by atoms with Crippen molar-refractivity contribution < 1.29 is 9.13 Å². The normalized spacial score (nSPS) is 9.95. The summed E-state index contributed by atoms with van der Waals surface area (Å²) in [5.74, 6) is -0.0996. The summed E-state index contributed by atoms with van der Waals surface area (Å²) in [5, 5.41) is 9.25. The quantitative estimate of drug-likeness (QED) is 0.873. The fourth-order valence-electron chi connectivity index (χ4n) is 1.58. The summed E-state index contributed by atoms with van der Waals surface area (Å²) in [5.41, 5.74) is 6.59. The first kappa shape index (κ1) is 13.2. The minimum atomic E-state index is -0.443. The molecule has 0 unspecified atom stereocenters. The van der Waals surface area contributed by atoms with E-state index in [2.05, 4.69) is 0 Å². The topological polar surface area (TPSA) is 59.0 Å². The number of nitrogens with zero attached hydrogens (tertiary/aromatic N) is 1. The Bertz CT molecular complexity index is 632. The summed E-state index contributed by atoms with van der Waals surface area (Å²) in [6, 6.07) is 11.1. The maximum absolute atomic E-state index is 13.6. The predicted octanol–water partition coefficient (Wildman–Crippen LogP) is 3.51. The zero-order valence-electron chi connectivity index (χ0n) is 9.86. The fraction of sp³-hybridized carbons (Fsp3) is 0.0714. The molecule has 0 atom stereocenters. The highest BCUT2D eigenvalue weighted by Gasteiger charge is 2.09. The van der Waals surface area contributed by atoms with Crippen molar-refractivity contribution in [3.8, 4) is 11.8 Å². The highest BCUT2D eigenvalue weighted by Crippen LogP contribution is 2.24. The third-order valence-electron chi connectivity index (χ3n) is 2.56. The van der Waals surface area contributed by atoms with Crippen molar-refractivity contribution in [2.45, 2.75) is 6.61 Å². The molecular formula is C14H10ClFN2O. The van der Waals surface area contributed by atoms with Crippen molar-refractivity contribution in [3.05, 3.63) is 58.4 Å².